The lowest BCUT2D eigenvalue weighted by molar-refractivity contribution is 0.0952. The number of carbonyl (C=O) groups is 1. The van der Waals surface area contributed by atoms with Gasteiger partial charge in [-0.3, -0.25) is 4.79 Å². The molecule has 5 heteroatoms. The molecule has 0 unspecified atom stereocenters. The summed E-state index contributed by atoms with van der Waals surface area (Å²) in [5.41, 5.74) is 5.76. The van der Waals surface area contributed by atoms with E-state index >= 15 is 0 Å². The molecule has 154 valence electrons. The molecule has 0 heterocycles. The number of rotatable bonds is 6. The number of nitrogens with zero attached hydrogens (tertiary/aromatic N) is 1. The van der Waals surface area contributed by atoms with Gasteiger partial charge in [-0.15, -0.1) is 0 Å². The van der Waals surface area contributed by atoms with Crippen molar-refractivity contribution in [3.8, 4) is 11.5 Å². The monoisotopic (exact) mass is 410 g/mol. The van der Waals surface area contributed by atoms with E-state index in [0.29, 0.717) is 6.61 Å². The summed E-state index contributed by atoms with van der Waals surface area (Å²) < 4.78 is 5.81. The highest BCUT2D eigenvalue weighted by atomic mass is 16.5. The van der Waals surface area contributed by atoms with Gasteiger partial charge in [0.2, 0.25) is 0 Å². The number of amides is 1. The Bertz CT molecular complexity index is 1250. The molecule has 0 atom stereocenters. The lowest BCUT2D eigenvalue weighted by Crippen LogP contribution is -2.17. The van der Waals surface area contributed by atoms with E-state index in [9.17, 15) is 9.90 Å². The standard InChI is InChI=1S/C26H22N2O3/c1-18-5-4-6-20(13-18)17-31-23-11-9-19(10-12-23)16-27-28-26(30)24-14-21-7-2-3-8-22(21)15-25(24)29/h2-16,29H,17H2,1H3,(H,28,30). The zero-order valence-electron chi connectivity index (χ0n) is 17.1. The van der Waals surface area contributed by atoms with Gasteiger partial charge in [-0.1, -0.05) is 54.1 Å². The van der Waals surface area contributed by atoms with Crippen molar-refractivity contribution < 1.29 is 14.6 Å². The maximum atomic E-state index is 12.4. The van der Waals surface area contributed by atoms with E-state index in [-0.39, 0.29) is 11.3 Å². The minimum Gasteiger partial charge on any atom is -0.507 e. The largest absolute Gasteiger partial charge is 0.507 e. The lowest BCUT2D eigenvalue weighted by Gasteiger charge is -2.07. The van der Waals surface area contributed by atoms with Gasteiger partial charge in [0, 0.05) is 0 Å². The van der Waals surface area contributed by atoms with Crippen LogP contribution in [0, 0.1) is 6.92 Å². The maximum absolute atomic E-state index is 12.4. The molecule has 4 aromatic carbocycles. The number of ether oxygens (including phenoxy) is 1. The molecule has 4 rings (SSSR count). The molecule has 0 aliphatic carbocycles. The second kappa shape index (κ2) is 9.13. The molecule has 0 aliphatic rings. The van der Waals surface area contributed by atoms with Crippen molar-refractivity contribution in [2.45, 2.75) is 13.5 Å². The van der Waals surface area contributed by atoms with Crippen molar-refractivity contribution in [2.24, 2.45) is 5.10 Å². The van der Waals surface area contributed by atoms with Gasteiger partial charge in [0.05, 0.1) is 11.8 Å². The number of phenolic OH excluding ortho intramolecular Hbond substituents is 1. The van der Waals surface area contributed by atoms with Gasteiger partial charge < -0.3 is 9.84 Å². The number of benzene rings is 4. The number of aryl methyl sites for hydroxylation is 1. The quantitative estimate of drug-likeness (QED) is 0.339. The van der Waals surface area contributed by atoms with E-state index in [0.717, 1.165) is 27.6 Å². The van der Waals surface area contributed by atoms with Crippen LogP contribution in [0.15, 0.2) is 90.0 Å². The topological polar surface area (TPSA) is 70.9 Å². The molecular weight excluding hydrogens is 388 g/mol. The molecule has 31 heavy (non-hydrogen) atoms. The molecule has 0 saturated heterocycles. The third-order valence-electron chi connectivity index (χ3n) is 4.86. The van der Waals surface area contributed by atoms with Crippen LogP contribution in [0.25, 0.3) is 10.8 Å². The Hall–Kier alpha value is -4.12. The highest BCUT2D eigenvalue weighted by Gasteiger charge is 2.11. The Morgan fingerprint density at radius 1 is 0.968 bits per heavy atom. The molecule has 5 nitrogen and oxygen atoms in total. The molecule has 0 saturated carbocycles. The Morgan fingerprint density at radius 2 is 1.71 bits per heavy atom. The van der Waals surface area contributed by atoms with E-state index in [4.69, 9.17) is 4.74 Å². The summed E-state index contributed by atoms with van der Waals surface area (Å²) >= 11 is 0. The number of aromatic hydroxyl groups is 1. The molecule has 0 radical (unpaired) electrons. The van der Waals surface area contributed by atoms with Crippen molar-refractivity contribution in [1.29, 1.82) is 0 Å². The minimum atomic E-state index is -0.474. The summed E-state index contributed by atoms with van der Waals surface area (Å²) in [5.74, 6) is 0.197. The average molecular weight is 410 g/mol. The van der Waals surface area contributed by atoms with Crippen LogP contribution in [0.2, 0.25) is 0 Å². The van der Waals surface area contributed by atoms with E-state index < -0.39 is 5.91 Å². The maximum Gasteiger partial charge on any atom is 0.275 e. The van der Waals surface area contributed by atoms with E-state index in [2.05, 4.69) is 29.6 Å². The molecule has 0 fully saturated rings. The number of carbonyl (C=O) groups excluding carboxylic acids is 1. The number of hydrazone groups is 1. The van der Waals surface area contributed by atoms with Gasteiger partial charge in [-0.25, -0.2) is 5.43 Å². The van der Waals surface area contributed by atoms with Crippen LogP contribution in [-0.4, -0.2) is 17.2 Å². The number of nitrogens with one attached hydrogen (secondary N) is 1. The van der Waals surface area contributed by atoms with Crippen LogP contribution in [0.3, 0.4) is 0 Å². The van der Waals surface area contributed by atoms with Crippen molar-refractivity contribution in [3.63, 3.8) is 0 Å². The normalized spacial score (nSPS) is 11.0. The molecule has 2 N–H and O–H groups in total. The van der Waals surface area contributed by atoms with Crippen molar-refractivity contribution >= 4 is 22.9 Å². The first-order valence-corrected chi connectivity index (χ1v) is 9.92. The average Bonchev–Trinajstić information content (AvgIpc) is 2.78. The van der Waals surface area contributed by atoms with Crippen LogP contribution in [0.1, 0.15) is 27.0 Å². The van der Waals surface area contributed by atoms with Crippen LogP contribution >= 0.6 is 0 Å². The van der Waals surface area contributed by atoms with Crippen LogP contribution < -0.4 is 10.2 Å². The zero-order chi connectivity index (χ0) is 21.6. The van der Waals surface area contributed by atoms with Crippen molar-refractivity contribution in [1.82, 2.24) is 5.43 Å². The smallest absolute Gasteiger partial charge is 0.275 e. The molecule has 1 amide bonds. The van der Waals surface area contributed by atoms with Crippen molar-refractivity contribution in [3.05, 3.63) is 107 Å². The summed E-state index contributed by atoms with van der Waals surface area (Å²) in [6, 6.07) is 26.4. The molecule has 0 bridgehead atoms. The molecule has 0 aliphatic heterocycles. The molecular formula is C26H22N2O3. The summed E-state index contributed by atoms with van der Waals surface area (Å²) in [5, 5.41) is 15.9. The van der Waals surface area contributed by atoms with Gasteiger partial charge in [0.15, 0.2) is 0 Å². The van der Waals surface area contributed by atoms with E-state index in [1.807, 2.05) is 60.7 Å². The number of fused-ring (bicyclic) bond motifs is 1. The molecule has 0 aromatic heterocycles. The predicted octanol–water partition coefficient (Wildman–Crippen LogP) is 5.20. The molecule has 4 aromatic rings. The fraction of sp³-hybridized carbons (Fsp3) is 0.0769. The number of hydrogen-bond acceptors (Lipinski definition) is 4. The van der Waals surface area contributed by atoms with Crippen LogP contribution in [0.5, 0.6) is 11.5 Å². The van der Waals surface area contributed by atoms with Gasteiger partial charge in [0.1, 0.15) is 18.1 Å². The zero-order valence-corrected chi connectivity index (χ0v) is 17.1. The highest BCUT2D eigenvalue weighted by molar-refractivity contribution is 6.01. The summed E-state index contributed by atoms with van der Waals surface area (Å²) in [6.45, 7) is 2.55. The predicted molar refractivity (Wildman–Crippen MR) is 123 cm³/mol. The number of hydrogen-bond donors (Lipinski definition) is 2. The second-order valence-corrected chi connectivity index (χ2v) is 7.26. The first-order valence-electron chi connectivity index (χ1n) is 9.92. The Kier molecular flexibility index (Phi) is 5.94. The Balaban J connectivity index is 1.35. The fourth-order valence-electron chi connectivity index (χ4n) is 3.25. The first kappa shape index (κ1) is 20.2. The SMILES string of the molecule is Cc1cccc(COc2ccc(C=NNC(=O)c3cc4ccccc4cc3O)cc2)c1. The number of phenols is 1. The summed E-state index contributed by atoms with van der Waals surface area (Å²) in [4.78, 5) is 12.4. The Labute approximate surface area is 180 Å². The third kappa shape index (κ3) is 5.08. The van der Waals surface area contributed by atoms with Crippen LogP contribution in [-0.2, 0) is 6.61 Å². The second-order valence-electron chi connectivity index (χ2n) is 7.26. The lowest BCUT2D eigenvalue weighted by atomic mass is 10.1. The summed E-state index contributed by atoms with van der Waals surface area (Å²) in [7, 11) is 0. The van der Waals surface area contributed by atoms with Crippen molar-refractivity contribution in [2.75, 3.05) is 0 Å². The van der Waals surface area contributed by atoms with E-state index in [1.54, 1.807) is 18.3 Å². The minimum absolute atomic E-state index is 0.0819. The van der Waals surface area contributed by atoms with Gasteiger partial charge in [0.25, 0.3) is 5.91 Å². The van der Waals surface area contributed by atoms with E-state index in [1.165, 1.54) is 5.56 Å². The highest BCUT2D eigenvalue weighted by Crippen LogP contribution is 2.24. The fourth-order valence-corrected chi connectivity index (χ4v) is 3.25. The summed E-state index contributed by atoms with van der Waals surface area (Å²) in [6.07, 6.45) is 1.54. The van der Waals surface area contributed by atoms with Gasteiger partial charge in [-0.05, 0) is 65.2 Å². The molecule has 0 spiro atoms. The van der Waals surface area contributed by atoms with Gasteiger partial charge in [-0.2, -0.15) is 5.10 Å². The van der Waals surface area contributed by atoms with Crippen LogP contribution in [0.4, 0.5) is 0 Å². The Morgan fingerprint density at radius 3 is 2.45 bits per heavy atom. The third-order valence-corrected chi connectivity index (χ3v) is 4.86. The van der Waals surface area contributed by atoms with Gasteiger partial charge >= 0.3 is 0 Å². The first-order chi connectivity index (χ1) is 15.1.